The largest absolute Gasteiger partial charge is 0.383 e. The number of methoxy groups -OCH3 is 1. The van der Waals surface area contributed by atoms with Gasteiger partial charge in [-0.05, 0) is 31.8 Å². The Labute approximate surface area is 74.3 Å². The molecule has 0 amide bonds. The second-order valence-electron chi connectivity index (χ2n) is 3.44. The van der Waals surface area contributed by atoms with E-state index >= 15 is 0 Å². The fourth-order valence-electron chi connectivity index (χ4n) is 1.60. The van der Waals surface area contributed by atoms with Gasteiger partial charge in [-0.1, -0.05) is 0 Å². The van der Waals surface area contributed by atoms with Crippen molar-refractivity contribution in [1.82, 2.24) is 4.90 Å². The van der Waals surface area contributed by atoms with Gasteiger partial charge in [-0.3, -0.25) is 0 Å². The molecular weight excluding hydrogens is 154 g/mol. The number of rotatable bonds is 4. The van der Waals surface area contributed by atoms with E-state index in [1.807, 2.05) is 0 Å². The van der Waals surface area contributed by atoms with Gasteiger partial charge in [-0.25, -0.2) is 5.11 Å². The molecule has 0 bridgehead atoms. The van der Waals surface area contributed by atoms with Crippen molar-refractivity contribution >= 4 is 0 Å². The quantitative estimate of drug-likeness (QED) is 0.627. The zero-order valence-corrected chi connectivity index (χ0v) is 7.79. The van der Waals surface area contributed by atoms with E-state index in [-0.39, 0.29) is 6.61 Å². The van der Waals surface area contributed by atoms with Crippen molar-refractivity contribution in [3.05, 3.63) is 0 Å². The standard InChI is InChI=1S/C9H18NO2/c1-12-7-6-10-4-2-9(8-11)3-5-10/h9H,2-8H2,1H3. The third-order valence-electron chi connectivity index (χ3n) is 2.55. The number of hydrogen-bond donors (Lipinski definition) is 0. The SMILES string of the molecule is COCCN1CCC(C[O])CC1. The van der Waals surface area contributed by atoms with E-state index in [4.69, 9.17) is 4.74 Å². The summed E-state index contributed by atoms with van der Waals surface area (Å²) in [5.74, 6) is 0.434. The van der Waals surface area contributed by atoms with Gasteiger partial charge in [0.15, 0.2) is 0 Å². The first-order valence-corrected chi connectivity index (χ1v) is 4.66. The van der Waals surface area contributed by atoms with Crippen LogP contribution in [-0.2, 0) is 9.84 Å². The van der Waals surface area contributed by atoms with Crippen LogP contribution in [0, 0.1) is 5.92 Å². The molecule has 1 saturated heterocycles. The van der Waals surface area contributed by atoms with E-state index in [0.29, 0.717) is 5.92 Å². The molecule has 0 unspecified atom stereocenters. The molecule has 1 aliphatic heterocycles. The monoisotopic (exact) mass is 172 g/mol. The molecule has 0 aromatic rings. The number of hydrogen-bond acceptors (Lipinski definition) is 2. The molecule has 0 atom stereocenters. The van der Waals surface area contributed by atoms with Crippen molar-refractivity contribution < 1.29 is 9.84 Å². The third kappa shape index (κ3) is 3.09. The van der Waals surface area contributed by atoms with Gasteiger partial charge in [0, 0.05) is 13.7 Å². The van der Waals surface area contributed by atoms with Crippen LogP contribution in [0.15, 0.2) is 0 Å². The molecule has 1 rings (SSSR count). The predicted octanol–water partition coefficient (Wildman–Crippen LogP) is 0.775. The molecule has 1 aliphatic rings. The van der Waals surface area contributed by atoms with Crippen molar-refractivity contribution in [2.45, 2.75) is 12.8 Å². The summed E-state index contributed by atoms with van der Waals surface area (Å²) < 4.78 is 4.99. The summed E-state index contributed by atoms with van der Waals surface area (Å²) in [6.45, 7) is 4.09. The van der Waals surface area contributed by atoms with Crippen LogP contribution in [0.25, 0.3) is 0 Å². The van der Waals surface area contributed by atoms with Gasteiger partial charge in [0.05, 0.1) is 13.2 Å². The minimum atomic E-state index is 0.109. The Morgan fingerprint density at radius 3 is 2.58 bits per heavy atom. The van der Waals surface area contributed by atoms with Crippen LogP contribution < -0.4 is 0 Å². The minimum absolute atomic E-state index is 0.109. The number of piperidine rings is 1. The lowest BCUT2D eigenvalue weighted by Crippen LogP contribution is -2.36. The normalized spacial score (nSPS) is 21.5. The van der Waals surface area contributed by atoms with Crippen LogP contribution in [0.2, 0.25) is 0 Å². The molecular formula is C9H18NO2. The number of ether oxygens (including phenoxy) is 1. The molecule has 3 nitrogen and oxygen atoms in total. The average molecular weight is 172 g/mol. The Kier molecular flexibility index (Phi) is 4.58. The summed E-state index contributed by atoms with van der Waals surface area (Å²) in [6, 6.07) is 0. The molecule has 0 saturated carbocycles. The van der Waals surface area contributed by atoms with Crippen LogP contribution in [0.5, 0.6) is 0 Å². The maximum absolute atomic E-state index is 10.6. The summed E-state index contributed by atoms with van der Waals surface area (Å²) in [5, 5.41) is 10.6. The molecule has 0 N–H and O–H groups in total. The molecule has 3 heteroatoms. The van der Waals surface area contributed by atoms with E-state index < -0.39 is 0 Å². The summed E-state index contributed by atoms with van der Waals surface area (Å²) in [5.41, 5.74) is 0. The van der Waals surface area contributed by atoms with Gasteiger partial charge in [0.25, 0.3) is 0 Å². The smallest absolute Gasteiger partial charge is 0.0851 e. The first kappa shape index (κ1) is 9.96. The number of nitrogens with zero attached hydrogens (tertiary/aromatic N) is 1. The lowest BCUT2D eigenvalue weighted by molar-refractivity contribution is 0.0770. The Morgan fingerprint density at radius 2 is 2.08 bits per heavy atom. The van der Waals surface area contributed by atoms with E-state index in [0.717, 1.165) is 39.1 Å². The molecule has 0 spiro atoms. The van der Waals surface area contributed by atoms with Crippen LogP contribution in [0.3, 0.4) is 0 Å². The first-order valence-electron chi connectivity index (χ1n) is 4.66. The second-order valence-corrected chi connectivity index (χ2v) is 3.44. The van der Waals surface area contributed by atoms with Crippen molar-refractivity contribution in [3.63, 3.8) is 0 Å². The average Bonchev–Trinajstić information content (AvgIpc) is 2.15. The highest BCUT2D eigenvalue weighted by Gasteiger charge is 2.17. The lowest BCUT2D eigenvalue weighted by Gasteiger charge is -2.30. The Balaban J connectivity index is 2.09. The van der Waals surface area contributed by atoms with Crippen molar-refractivity contribution in [1.29, 1.82) is 0 Å². The number of likely N-dealkylation sites (tertiary alicyclic amines) is 1. The summed E-state index contributed by atoms with van der Waals surface area (Å²) >= 11 is 0. The van der Waals surface area contributed by atoms with Gasteiger partial charge in [-0.15, -0.1) is 0 Å². The van der Waals surface area contributed by atoms with Gasteiger partial charge in [0.2, 0.25) is 0 Å². The fourth-order valence-corrected chi connectivity index (χ4v) is 1.60. The second kappa shape index (κ2) is 5.51. The lowest BCUT2D eigenvalue weighted by atomic mass is 9.98. The van der Waals surface area contributed by atoms with Crippen molar-refractivity contribution in [2.75, 3.05) is 40.0 Å². The maximum Gasteiger partial charge on any atom is 0.0851 e. The molecule has 1 heterocycles. The van der Waals surface area contributed by atoms with E-state index in [9.17, 15) is 5.11 Å². The van der Waals surface area contributed by atoms with Crippen LogP contribution in [0.1, 0.15) is 12.8 Å². The summed E-state index contributed by atoms with van der Waals surface area (Å²) in [6.07, 6.45) is 2.15. The van der Waals surface area contributed by atoms with E-state index in [1.165, 1.54) is 0 Å². The molecule has 0 aliphatic carbocycles. The first-order chi connectivity index (χ1) is 5.86. The molecule has 12 heavy (non-hydrogen) atoms. The van der Waals surface area contributed by atoms with E-state index in [1.54, 1.807) is 7.11 Å². The summed E-state index contributed by atoms with van der Waals surface area (Å²) in [7, 11) is 1.73. The predicted molar refractivity (Wildman–Crippen MR) is 46.6 cm³/mol. The fraction of sp³-hybridized carbons (Fsp3) is 1.00. The Bertz CT molecular complexity index is 111. The molecule has 71 valence electrons. The Morgan fingerprint density at radius 1 is 1.42 bits per heavy atom. The highest BCUT2D eigenvalue weighted by molar-refractivity contribution is 4.71. The van der Waals surface area contributed by atoms with Gasteiger partial charge < -0.3 is 9.64 Å². The minimum Gasteiger partial charge on any atom is -0.383 e. The highest BCUT2D eigenvalue weighted by Crippen LogP contribution is 2.15. The zero-order chi connectivity index (χ0) is 8.81. The van der Waals surface area contributed by atoms with Crippen LogP contribution in [-0.4, -0.2) is 44.9 Å². The Hall–Kier alpha value is -0.120. The van der Waals surface area contributed by atoms with E-state index in [2.05, 4.69) is 4.90 Å². The molecule has 1 radical (unpaired) electrons. The van der Waals surface area contributed by atoms with Crippen molar-refractivity contribution in [3.8, 4) is 0 Å². The zero-order valence-electron chi connectivity index (χ0n) is 7.79. The van der Waals surface area contributed by atoms with Crippen molar-refractivity contribution in [2.24, 2.45) is 5.92 Å². The highest BCUT2D eigenvalue weighted by atomic mass is 16.5. The maximum atomic E-state index is 10.6. The van der Waals surface area contributed by atoms with Gasteiger partial charge in [0.1, 0.15) is 0 Å². The topological polar surface area (TPSA) is 32.4 Å². The molecule has 1 fully saturated rings. The van der Waals surface area contributed by atoms with Crippen LogP contribution >= 0.6 is 0 Å². The molecule has 0 aromatic heterocycles. The van der Waals surface area contributed by atoms with Gasteiger partial charge in [-0.2, -0.15) is 0 Å². The van der Waals surface area contributed by atoms with Gasteiger partial charge >= 0.3 is 0 Å². The van der Waals surface area contributed by atoms with Crippen LogP contribution in [0.4, 0.5) is 0 Å². The molecule has 0 aromatic carbocycles. The third-order valence-corrected chi connectivity index (χ3v) is 2.55. The summed E-state index contributed by atoms with van der Waals surface area (Å²) in [4.78, 5) is 2.37.